The number of benzene rings is 1. The van der Waals surface area contributed by atoms with Crippen LogP contribution in [0.3, 0.4) is 0 Å². The summed E-state index contributed by atoms with van der Waals surface area (Å²) in [6.07, 6.45) is -3.95. The number of nitrogens with one attached hydrogen (secondary N) is 6. The molecular formula is C49H64N10O16S3. The molecule has 5 heterocycles. The number of H-pyrrole nitrogens is 1. The van der Waals surface area contributed by atoms with Crippen molar-refractivity contribution in [2.24, 2.45) is 29.4 Å². The number of primary amides is 1. The SMILES string of the molecule is CC[C@H](C)[C@@H]1NC(=O)CNC(=O)C2CC(=O)[C@H]([C@@H](C)[C@@H](O)CO)NC(=O)[C@@H]3C[C@@H](O)CN3C(=O)[C@H](CC(N)=O)CC(=O)C(CS(=O)c3[nH]c4cc(OCCCSSc5ccc([N+](=O)[O-])cn5)ccc4c3C2)NC(=O)CNC1=O. The summed E-state index contributed by atoms with van der Waals surface area (Å²) in [6, 6.07) is 1.56. The minimum atomic E-state index is -2.35. The number of hydrogen-bond donors (Lipinski definition) is 10. The molecule has 1 aromatic carbocycles. The number of amides is 7. The van der Waals surface area contributed by atoms with Crippen LogP contribution in [0.1, 0.15) is 64.9 Å². The second kappa shape index (κ2) is 27.9. The zero-order valence-corrected chi connectivity index (χ0v) is 45.4. The van der Waals surface area contributed by atoms with Gasteiger partial charge in [-0.2, -0.15) is 0 Å². The molecule has 7 amide bonds. The summed E-state index contributed by atoms with van der Waals surface area (Å²) in [7, 11) is 0.431. The lowest BCUT2D eigenvalue weighted by atomic mass is 9.85. The molecule has 0 spiro atoms. The van der Waals surface area contributed by atoms with Crippen molar-refractivity contribution < 1.29 is 72.3 Å². The fourth-order valence-electron chi connectivity index (χ4n) is 9.28. The Hall–Kier alpha value is -6.53. The van der Waals surface area contributed by atoms with Crippen molar-refractivity contribution in [3.05, 3.63) is 52.2 Å². The Kier molecular flexibility index (Phi) is 21.7. The molecule has 1 saturated heterocycles. The van der Waals surface area contributed by atoms with Gasteiger partial charge in [0, 0.05) is 67.3 Å². The summed E-state index contributed by atoms with van der Waals surface area (Å²) in [5.41, 5.74) is 5.96. The van der Waals surface area contributed by atoms with Gasteiger partial charge in [0.25, 0.3) is 5.69 Å². The molecule has 11 atom stereocenters. The van der Waals surface area contributed by atoms with Crippen LogP contribution in [0.5, 0.6) is 5.75 Å². The Morgan fingerprint density at radius 1 is 0.962 bits per heavy atom. The predicted octanol–water partition coefficient (Wildman–Crippen LogP) is -0.932. The smallest absolute Gasteiger partial charge is 0.287 e. The van der Waals surface area contributed by atoms with Gasteiger partial charge in [0.1, 0.15) is 34.1 Å². The summed E-state index contributed by atoms with van der Waals surface area (Å²) in [6.45, 7) is 2.18. The molecule has 0 radical (unpaired) electrons. The third kappa shape index (κ3) is 15.8. The molecule has 2 bridgehead atoms. The molecular weight excluding hydrogens is 1080 g/mol. The van der Waals surface area contributed by atoms with E-state index in [0.717, 1.165) is 4.90 Å². The number of carbonyl (C=O) groups is 9. The molecule has 11 N–H and O–H groups in total. The zero-order valence-electron chi connectivity index (χ0n) is 42.9. The van der Waals surface area contributed by atoms with E-state index in [1.807, 2.05) is 0 Å². The minimum Gasteiger partial charge on any atom is -0.493 e. The minimum absolute atomic E-state index is 0.0787. The molecule has 2 aromatic heterocycles. The molecule has 3 aliphatic heterocycles. The fraction of sp³-hybridized carbons (Fsp3) is 0.551. The maximum Gasteiger partial charge on any atom is 0.287 e. The molecule has 424 valence electrons. The first-order chi connectivity index (χ1) is 37.1. The molecule has 3 aromatic rings. The van der Waals surface area contributed by atoms with E-state index in [4.69, 9.17) is 10.5 Å². The number of pyridine rings is 1. The topological polar surface area (TPSA) is 402 Å². The Bertz CT molecular complexity index is 2780. The lowest BCUT2D eigenvalue weighted by molar-refractivity contribution is -0.385. The standard InChI is InChI=1S/C49H64N10O16S3/c1-4-24(2)43-47(70)53-19-40(66)54-34-23-78(74)48-32(31-8-7-30(17-33(31)55-48)75-10-5-11-76-77-42-9-6-28(18-51-42)59(72)73)12-26(45(68)52-20-41(67)56-43)13-37(63)44(25(3)38(64)22-60)57-46(69)35-16-29(61)21-58(35)49(71)27(14-36(34)62)15-39(50)65/h6-9,17-18,24-27,29,34-35,38,43-44,55,60-61,64H,4-5,10-16,19-23H2,1-3H3,(H2,50,65)(H,52,68)(H,53,70)(H,54,66)(H,56,67)(H,57,69)/t24-,25-,26?,27-,29+,34?,35-,38-,43-,44-,78?/m0/s1. The van der Waals surface area contributed by atoms with E-state index in [-0.39, 0.29) is 29.3 Å². The first kappa shape index (κ1) is 60.7. The lowest BCUT2D eigenvalue weighted by Crippen LogP contribution is -2.56. The maximum absolute atomic E-state index is 15.0. The van der Waals surface area contributed by atoms with Crippen molar-refractivity contribution in [2.45, 2.75) is 112 Å². The summed E-state index contributed by atoms with van der Waals surface area (Å²) < 4.78 is 21.1. The normalized spacial score (nSPS) is 25.6. The van der Waals surface area contributed by atoms with E-state index >= 15 is 4.21 Å². The van der Waals surface area contributed by atoms with Gasteiger partial charge >= 0.3 is 0 Å². The van der Waals surface area contributed by atoms with Crippen LogP contribution in [-0.4, -0.2) is 173 Å². The van der Waals surface area contributed by atoms with Crippen LogP contribution in [0.25, 0.3) is 10.9 Å². The number of carbonyl (C=O) groups excluding carboxylic acids is 9. The van der Waals surface area contributed by atoms with E-state index in [1.165, 1.54) is 40.8 Å². The molecule has 1 fully saturated rings. The Balaban J connectivity index is 1.44. The number of nitrogens with zero attached hydrogens (tertiary/aromatic N) is 3. The average molecular weight is 1150 g/mol. The number of aliphatic hydroxyl groups excluding tert-OH is 3. The summed E-state index contributed by atoms with van der Waals surface area (Å²) >= 11 is 0. The number of aromatic nitrogens is 2. The number of Topliss-reactive ketones (excluding diaryl/α,β-unsaturated/α-hetero) is 2. The van der Waals surface area contributed by atoms with Gasteiger partial charge in [-0.25, -0.2) is 4.98 Å². The number of aliphatic hydroxyl groups is 3. The molecule has 26 nitrogen and oxygen atoms in total. The monoisotopic (exact) mass is 1140 g/mol. The van der Waals surface area contributed by atoms with Crippen LogP contribution < -0.4 is 37.1 Å². The lowest BCUT2D eigenvalue weighted by Gasteiger charge is -2.32. The van der Waals surface area contributed by atoms with Gasteiger partial charge in [-0.15, -0.1) is 0 Å². The summed E-state index contributed by atoms with van der Waals surface area (Å²) in [5.74, 6) is -12.9. The van der Waals surface area contributed by atoms with Crippen molar-refractivity contribution in [3.8, 4) is 5.75 Å². The van der Waals surface area contributed by atoms with Crippen molar-refractivity contribution >= 4 is 102 Å². The van der Waals surface area contributed by atoms with Gasteiger partial charge in [-0.1, -0.05) is 38.0 Å². The van der Waals surface area contributed by atoms with Crippen LogP contribution in [0.2, 0.25) is 0 Å². The van der Waals surface area contributed by atoms with Gasteiger partial charge in [0.15, 0.2) is 11.6 Å². The number of hydrogen-bond acceptors (Lipinski definition) is 19. The van der Waals surface area contributed by atoms with Gasteiger partial charge in [0.2, 0.25) is 41.4 Å². The predicted molar refractivity (Wildman–Crippen MR) is 282 cm³/mol. The summed E-state index contributed by atoms with van der Waals surface area (Å²) in [5, 5.41) is 56.2. The average Bonchev–Trinajstić information content (AvgIpc) is 4.02. The number of rotatable bonds is 15. The third-order valence-corrected chi connectivity index (χ3v) is 17.6. The maximum atomic E-state index is 15.0. The van der Waals surface area contributed by atoms with Gasteiger partial charge in [0.05, 0.1) is 83.5 Å². The number of aromatic amines is 1. The molecule has 0 aliphatic carbocycles. The van der Waals surface area contributed by atoms with Crippen LogP contribution in [0, 0.1) is 33.8 Å². The zero-order chi connectivity index (χ0) is 57.0. The Labute approximate surface area is 457 Å². The Morgan fingerprint density at radius 3 is 2.35 bits per heavy atom. The number of fused-ring (bicyclic) bond motifs is 5. The third-order valence-electron chi connectivity index (χ3n) is 13.8. The van der Waals surface area contributed by atoms with Crippen LogP contribution in [0.4, 0.5) is 5.69 Å². The Morgan fingerprint density at radius 2 is 1.68 bits per heavy atom. The second-order valence-corrected chi connectivity index (χ2v) is 23.3. The van der Waals surface area contributed by atoms with E-state index < -0.39 is 186 Å². The van der Waals surface area contributed by atoms with Crippen molar-refractivity contribution in [3.63, 3.8) is 0 Å². The van der Waals surface area contributed by atoms with Crippen molar-refractivity contribution in [1.29, 1.82) is 0 Å². The number of ketones is 2. The molecule has 6 rings (SSSR count). The van der Waals surface area contributed by atoms with E-state index in [1.54, 1.807) is 38.1 Å². The number of nitrogens with two attached hydrogens (primary N) is 1. The first-order valence-corrected chi connectivity index (χ1v) is 28.8. The largest absolute Gasteiger partial charge is 0.493 e. The van der Waals surface area contributed by atoms with Crippen LogP contribution in [-0.2, 0) is 60.4 Å². The van der Waals surface area contributed by atoms with Gasteiger partial charge in [-0.3, -0.25) is 57.5 Å². The first-order valence-electron chi connectivity index (χ1n) is 25.2. The van der Waals surface area contributed by atoms with Crippen LogP contribution >= 0.6 is 21.6 Å². The van der Waals surface area contributed by atoms with Gasteiger partial charge in [-0.05, 0) is 53.3 Å². The highest BCUT2D eigenvalue weighted by atomic mass is 33.1. The number of ether oxygens (including phenoxy) is 1. The molecule has 3 unspecified atom stereocenters. The molecule has 0 saturated carbocycles. The van der Waals surface area contributed by atoms with Crippen LogP contribution in [0.15, 0.2) is 46.6 Å². The van der Waals surface area contributed by atoms with Crippen molar-refractivity contribution in [1.82, 2.24) is 41.5 Å². The second-order valence-electron chi connectivity index (χ2n) is 19.5. The molecule has 78 heavy (non-hydrogen) atoms. The van der Waals surface area contributed by atoms with Gasteiger partial charge < -0.3 is 62.3 Å². The highest BCUT2D eigenvalue weighted by Gasteiger charge is 2.45. The fourth-order valence-corrected chi connectivity index (χ4v) is 12.6. The van der Waals surface area contributed by atoms with E-state index in [0.29, 0.717) is 40.3 Å². The molecule has 29 heteroatoms. The van der Waals surface area contributed by atoms with E-state index in [9.17, 15) is 68.6 Å². The number of nitro groups is 1. The molecule has 3 aliphatic rings. The quantitative estimate of drug-likeness (QED) is 0.0380. The van der Waals surface area contributed by atoms with E-state index in [2.05, 4.69) is 36.6 Å². The highest BCUT2D eigenvalue weighted by molar-refractivity contribution is 8.76. The summed E-state index contributed by atoms with van der Waals surface area (Å²) in [4.78, 5) is 145. The highest BCUT2D eigenvalue weighted by Crippen LogP contribution is 2.34. The van der Waals surface area contributed by atoms with Crippen molar-refractivity contribution in [2.75, 3.05) is 44.4 Å².